The summed E-state index contributed by atoms with van der Waals surface area (Å²) < 4.78 is 0. The van der Waals surface area contributed by atoms with Crippen LogP contribution in [0, 0.1) is 0 Å². The highest BCUT2D eigenvalue weighted by atomic mass is 35.5. The van der Waals surface area contributed by atoms with Crippen LogP contribution in [0.3, 0.4) is 0 Å². The summed E-state index contributed by atoms with van der Waals surface area (Å²) in [6.07, 6.45) is 3.04. The predicted molar refractivity (Wildman–Crippen MR) is 66.8 cm³/mol. The minimum atomic E-state index is 0.534. The third-order valence-corrected chi connectivity index (χ3v) is 3.69. The summed E-state index contributed by atoms with van der Waals surface area (Å²) in [7, 11) is 0. The fourth-order valence-corrected chi connectivity index (χ4v) is 2.38. The number of nitrogens with zero attached hydrogens (tertiary/aromatic N) is 1. The van der Waals surface area contributed by atoms with Crippen molar-refractivity contribution < 1.29 is 4.79 Å². The molecule has 0 spiro atoms. The van der Waals surface area contributed by atoms with E-state index in [9.17, 15) is 4.79 Å². The van der Waals surface area contributed by atoms with E-state index >= 15 is 0 Å². The van der Waals surface area contributed by atoms with Crippen molar-refractivity contribution in [2.24, 2.45) is 0 Å². The molecule has 2 aromatic rings. The number of carbonyl (C=O) groups excluding carboxylic acids is 1. The van der Waals surface area contributed by atoms with Gasteiger partial charge in [0.25, 0.3) is 0 Å². The van der Waals surface area contributed by atoms with Gasteiger partial charge in [0, 0.05) is 12.6 Å². The van der Waals surface area contributed by atoms with Crippen molar-refractivity contribution in [1.29, 1.82) is 0 Å². The fourth-order valence-electron chi connectivity index (χ4n) is 1.28. The summed E-state index contributed by atoms with van der Waals surface area (Å²) in [5, 5.41) is 1.96. The van der Waals surface area contributed by atoms with Gasteiger partial charge in [0.1, 0.15) is 0 Å². The van der Waals surface area contributed by atoms with Crippen molar-refractivity contribution >= 4 is 40.8 Å². The standard InChI is InChI=1S/C11H7Cl2NOS/c12-9-2-1-7(3-10(9)13)4-11-14-5-8(6-15)16-11/h1-3,5-6H,4H2. The summed E-state index contributed by atoms with van der Waals surface area (Å²) >= 11 is 13.1. The number of aldehydes is 1. The molecule has 1 aromatic heterocycles. The molecule has 2 nitrogen and oxygen atoms in total. The molecule has 0 radical (unpaired) electrons. The Morgan fingerprint density at radius 3 is 2.75 bits per heavy atom. The summed E-state index contributed by atoms with van der Waals surface area (Å²) in [6, 6.07) is 5.47. The van der Waals surface area contributed by atoms with Crippen molar-refractivity contribution in [3.63, 3.8) is 0 Å². The van der Waals surface area contributed by atoms with Gasteiger partial charge in [0.2, 0.25) is 0 Å². The first kappa shape index (κ1) is 11.6. The molecule has 0 unspecified atom stereocenters. The molecule has 1 heterocycles. The second-order valence-corrected chi connectivity index (χ2v) is 5.16. The van der Waals surface area contributed by atoms with Crippen LogP contribution in [0.1, 0.15) is 20.2 Å². The lowest BCUT2D eigenvalue weighted by Gasteiger charge is -2.00. The topological polar surface area (TPSA) is 30.0 Å². The Hall–Kier alpha value is -0.900. The Kier molecular flexibility index (Phi) is 3.59. The molecule has 82 valence electrons. The fraction of sp³-hybridized carbons (Fsp3) is 0.0909. The number of halogens is 2. The van der Waals surface area contributed by atoms with Gasteiger partial charge in [-0.1, -0.05) is 29.3 Å². The molecular weight excluding hydrogens is 265 g/mol. The SMILES string of the molecule is O=Cc1cnc(Cc2ccc(Cl)c(Cl)c2)s1. The number of thiazole rings is 1. The maximum atomic E-state index is 10.5. The molecule has 0 saturated carbocycles. The molecule has 0 N–H and O–H groups in total. The predicted octanol–water partition coefficient (Wildman–Crippen LogP) is 3.85. The molecule has 0 bridgehead atoms. The highest BCUT2D eigenvalue weighted by Gasteiger charge is 2.04. The van der Waals surface area contributed by atoms with E-state index in [1.807, 2.05) is 12.1 Å². The van der Waals surface area contributed by atoms with E-state index < -0.39 is 0 Å². The van der Waals surface area contributed by atoms with Crippen molar-refractivity contribution in [2.75, 3.05) is 0 Å². The smallest absolute Gasteiger partial charge is 0.161 e. The monoisotopic (exact) mass is 271 g/mol. The lowest BCUT2D eigenvalue weighted by molar-refractivity contribution is 0.112. The van der Waals surface area contributed by atoms with Gasteiger partial charge >= 0.3 is 0 Å². The van der Waals surface area contributed by atoms with E-state index in [0.29, 0.717) is 21.3 Å². The summed E-state index contributed by atoms with van der Waals surface area (Å²) in [5.41, 5.74) is 1.03. The number of carbonyl (C=O) groups is 1. The first-order valence-corrected chi connectivity index (χ1v) is 6.10. The number of aromatic nitrogens is 1. The molecule has 1 aromatic carbocycles. The van der Waals surface area contributed by atoms with Crippen LogP contribution in [0.5, 0.6) is 0 Å². The Bertz CT molecular complexity index is 524. The lowest BCUT2D eigenvalue weighted by atomic mass is 10.2. The summed E-state index contributed by atoms with van der Waals surface area (Å²) in [5.74, 6) is 0. The molecule has 0 atom stereocenters. The molecular formula is C11H7Cl2NOS. The maximum absolute atomic E-state index is 10.5. The zero-order valence-electron chi connectivity index (χ0n) is 8.11. The molecule has 0 aliphatic heterocycles. The highest BCUT2D eigenvalue weighted by Crippen LogP contribution is 2.24. The minimum absolute atomic E-state index is 0.534. The molecule has 0 aliphatic rings. The van der Waals surface area contributed by atoms with Crippen LogP contribution in [0.25, 0.3) is 0 Å². The Morgan fingerprint density at radius 1 is 1.31 bits per heavy atom. The third-order valence-electron chi connectivity index (χ3n) is 2.03. The van der Waals surface area contributed by atoms with Gasteiger partial charge in [0.15, 0.2) is 6.29 Å². The Labute approximate surface area is 107 Å². The molecule has 16 heavy (non-hydrogen) atoms. The van der Waals surface area contributed by atoms with E-state index in [0.717, 1.165) is 16.9 Å². The third kappa shape index (κ3) is 2.61. The molecule has 0 aliphatic carbocycles. The average Bonchev–Trinajstić information content (AvgIpc) is 2.71. The minimum Gasteiger partial charge on any atom is -0.297 e. The van der Waals surface area contributed by atoms with Crippen molar-refractivity contribution in [3.8, 4) is 0 Å². The average molecular weight is 272 g/mol. The summed E-state index contributed by atoms with van der Waals surface area (Å²) in [4.78, 5) is 15.3. The second-order valence-electron chi connectivity index (χ2n) is 3.20. The lowest BCUT2D eigenvalue weighted by Crippen LogP contribution is -1.86. The second kappa shape index (κ2) is 4.95. The van der Waals surface area contributed by atoms with E-state index in [-0.39, 0.29) is 0 Å². The molecule has 0 fully saturated rings. The normalized spacial score (nSPS) is 10.4. The van der Waals surface area contributed by atoms with Crippen LogP contribution in [-0.2, 0) is 6.42 Å². The van der Waals surface area contributed by atoms with Crippen molar-refractivity contribution in [2.45, 2.75) is 6.42 Å². The molecule has 2 rings (SSSR count). The summed E-state index contributed by atoms with van der Waals surface area (Å²) in [6.45, 7) is 0. The van der Waals surface area contributed by atoms with E-state index in [4.69, 9.17) is 23.2 Å². The van der Waals surface area contributed by atoms with E-state index in [1.165, 1.54) is 11.3 Å². The Morgan fingerprint density at radius 2 is 2.12 bits per heavy atom. The number of benzene rings is 1. The maximum Gasteiger partial charge on any atom is 0.161 e. The van der Waals surface area contributed by atoms with Crippen LogP contribution < -0.4 is 0 Å². The van der Waals surface area contributed by atoms with Crippen LogP contribution in [0.15, 0.2) is 24.4 Å². The van der Waals surface area contributed by atoms with Crippen molar-refractivity contribution in [3.05, 3.63) is 49.9 Å². The first-order chi connectivity index (χ1) is 7.69. The highest BCUT2D eigenvalue weighted by molar-refractivity contribution is 7.13. The van der Waals surface area contributed by atoms with Crippen LogP contribution >= 0.6 is 34.5 Å². The van der Waals surface area contributed by atoms with Gasteiger partial charge in [-0.3, -0.25) is 4.79 Å². The quantitative estimate of drug-likeness (QED) is 0.794. The largest absolute Gasteiger partial charge is 0.297 e. The van der Waals surface area contributed by atoms with Gasteiger partial charge in [-0.25, -0.2) is 4.98 Å². The van der Waals surface area contributed by atoms with Crippen molar-refractivity contribution in [1.82, 2.24) is 4.98 Å². The number of hydrogen-bond acceptors (Lipinski definition) is 3. The zero-order valence-corrected chi connectivity index (χ0v) is 10.4. The van der Waals surface area contributed by atoms with Crippen LogP contribution in [0.4, 0.5) is 0 Å². The van der Waals surface area contributed by atoms with E-state index in [2.05, 4.69) is 4.98 Å². The number of hydrogen-bond donors (Lipinski definition) is 0. The van der Waals surface area contributed by atoms with Gasteiger partial charge in [-0.05, 0) is 17.7 Å². The van der Waals surface area contributed by atoms with Crippen LogP contribution in [0.2, 0.25) is 10.0 Å². The van der Waals surface area contributed by atoms with E-state index in [1.54, 1.807) is 12.3 Å². The molecule has 0 amide bonds. The van der Waals surface area contributed by atoms with Gasteiger partial charge < -0.3 is 0 Å². The number of rotatable bonds is 3. The molecule has 5 heteroatoms. The van der Waals surface area contributed by atoms with Gasteiger partial charge in [-0.15, -0.1) is 11.3 Å². The Balaban J connectivity index is 2.20. The van der Waals surface area contributed by atoms with Crippen LogP contribution in [-0.4, -0.2) is 11.3 Å². The first-order valence-electron chi connectivity index (χ1n) is 4.53. The van der Waals surface area contributed by atoms with Gasteiger partial charge in [-0.2, -0.15) is 0 Å². The van der Waals surface area contributed by atoms with Gasteiger partial charge in [0.05, 0.1) is 19.9 Å². The molecule has 0 saturated heterocycles. The zero-order chi connectivity index (χ0) is 11.5.